The number of aryl methyl sites for hydroxylation is 6. The van der Waals surface area contributed by atoms with Gasteiger partial charge in [-0.1, -0.05) is 35.4 Å². The summed E-state index contributed by atoms with van der Waals surface area (Å²) in [5, 5.41) is 10.8. The first-order chi connectivity index (χ1) is 11.7. The van der Waals surface area contributed by atoms with E-state index >= 15 is 0 Å². The molecule has 0 saturated carbocycles. The fraction of sp³-hybridized carbons (Fsp3) is 0.318. The van der Waals surface area contributed by atoms with Crippen LogP contribution < -0.4 is 4.57 Å². The molecule has 3 nitrogen and oxygen atoms in total. The number of nitrogens with zero attached hydrogens (tertiary/aromatic N) is 2. The Kier molecular flexibility index (Phi) is 4.19. The average molecular weight is 335 g/mol. The number of aromatic nitrogens is 2. The van der Waals surface area contributed by atoms with Crippen LogP contribution in [0.4, 0.5) is 0 Å². The molecular weight excluding hydrogens is 308 g/mol. The molecule has 0 saturated heterocycles. The van der Waals surface area contributed by atoms with E-state index in [1.807, 2.05) is 17.8 Å². The lowest BCUT2D eigenvalue weighted by Gasteiger charge is -2.08. The third kappa shape index (κ3) is 2.84. The van der Waals surface area contributed by atoms with Gasteiger partial charge in [0.05, 0.1) is 0 Å². The molecule has 0 unspecified atom stereocenters. The first-order valence-electron chi connectivity index (χ1n) is 8.69. The Bertz CT molecular complexity index is 856. The summed E-state index contributed by atoms with van der Waals surface area (Å²) in [5.74, 6) is 0.287. The summed E-state index contributed by atoms with van der Waals surface area (Å²) >= 11 is 0. The van der Waals surface area contributed by atoms with Gasteiger partial charge in [0.25, 0.3) is 6.33 Å². The molecule has 130 valence electrons. The Hall–Kier alpha value is -2.55. The molecule has 1 heterocycles. The van der Waals surface area contributed by atoms with Gasteiger partial charge in [0, 0.05) is 6.92 Å². The molecule has 0 amide bonds. The summed E-state index contributed by atoms with van der Waals surface area (Å²) in [6.45, 7) is 14.6. The molecule has 2 aromatic carbocycles. The monoisotopic (exact) mass is 335 g/mol. The predicted octanol–water partition coefficient (Wildman–Crippen LogP) is 4.62. The van der Waals surface area contributed by atoms with E-state index in [0.29, 0.717) is 0 Å². The Morgan fingerprint density at radius 1 is 0.720 bits per heavy atom. The lowest BCUT2D eigenvalue weighted by atomic mass is 10.0. The first-order valence-corrected chi connectivity index (χ1v) is 8.69. The quantitative estimate of drug-likeness (QED) is 0.680. The highest BCUT2D eigenvalue weighted by Crippen LogP contribution is 2.27. The van der Waals surface area contributed by atoms with Gasteiger partial charge in [-0.3, -0.25) is 0 Å². The molecule has 0 aliphatic carbocycles. The van der Waals surface area contributed by atoms with Gasteiger partial charge >= 0.3 is 5.88 Å². The standard InChI is InChI=1S/C22H26N2O/c1-13-8-15(3)20(16(4)9-13)23-12-24(22(25)19(23)7)21-17(5)10-14(2)11-18(21)6/h8-12H,1-7H3/p+1. The molecule has 0 aliphatic heterocycles. The zero-order valence-electron chi connectivity index (χ0n) is 16.2. The molecule has 0 fully saturated rings. The zero-order valence-corrected chi connectivity index (χ0v) is 16.2. The predicted molar refractivity (Wildman–Crippen MR) is 102 cm³/mol. The highest BCUT2D eigenvalue weighted by Gasteiger charge is 2.26. The van der Waals surface area contributed by atoms with E-state index < -0.39 is 0 Å². The van der Waals surface area contributed by atoms with Crippen molar-refractivity contribution in [2.45, 2.75) is 48.5 Å². The van der Waals surface area contributed by atoms with Crippen molar-refractivity contribution < 1.29 is 9.67 Å². The average Bonchev–Trinajstić information content (AvgIpc) is 2.74. The second-order valence-electron chi connectivity index (χ2n) is 7.26. The van der Waals surface area contributed by atoms with Crippen LogP contribution in [-0.2, 0) is 0 Å². The minimum Gasteiger partial charge on any atom is -0.475 e. The maximum Gasteiger partial charge on any atom is 0.330 e. The van der Waals surface area contributed by atoms with Crippen molar-refractivity contribution in [3.05, 3.63) is 69.7 Å². The van der Waals surface area contributed by atoms with Crippen LogP contribution in [-0.4, -0.2) is 9.67 Å². The highest BCUT2D eigenvalue weighted by atomic mass is 16.3. The van der Waals surface area contributed by atoms with Gasteiger partial charge in [-0.05, 0) is 63.8 Å². The third-order valence-electron chi connectivity index (χ3n) is 4.90. The molecular formula is C22H27N2O+. The summed E-state index contributed by atoms with van der Waals surface area (Å²) in [6.07, 6.45) is 2.00. The van der Waals surface area contributed by atoms with Crippen molar-refractivity contribution in [3.8, 4) is 17.3 Å². The van der Waals surface area contributed by atoms with E-state index in [4.69, 9.17) is 0 Å². The molecule has 0 spiro atoms. The van der Waals surface area contributed by atoms with Crippen LogP contribution in [0, 0.1) is 48.5 Å². The summed E-state index contributed by atoms with van der Waals surface area (Å²) in [6, 6.07) is 8.69. The van der Waals surface area contributed by atoms with Gasteiger partial charge in [0.15, 0.2) is 5.69 Å². The van der Waals surface area contributed by atoms with Gasteiger partial charge in [-0.15, -0.1) is 0 Å². The molecule has 1 aromatic heterocycles. The Balaban J connectivity index is 2.28. The van der Waals surface area contributed by atoms with Gasteiger partial charge in [-0.2, -0.15) is 9.13 Å². The minimum absolute atomic E-state index is 0.287. The van der Waals surface area contributed by atoms with Crippen LogP contribution in [0.5, 0.6) is 5.88 Å². The Morgan fingerprint density at radius 2 is 1.16 bits per heavy atom. The van der Waals surface area contributed by atoms with E-state index in [1.165, 1.54) is 22.3 Å². The van der Waals surface area contributed by atoms with Crippen molar-refractivity contribution in [1.29, 1.82) is 0 Å². The summed E-state index contributed by atoms with van der Waals surface area (Å²) in [4.78, 5) is 0. The summed E-state index contributed by atoms with van der Waals surface area (Å²) in [7, 11) is 0. The fourth-order valence-electron chi connectivity index (χ4n) is 4.03. The number of rotatable bonds is 2. The summed E-state index contributed by atoms with van der Waals surface area (Å²) < 4.78 is 4.00. The van der Waals surface area contributed by atoms with Gasteiger partial charge in [-0.25, -0.2) is 0 Å². The molecule has 3 rings (SSSR count). The number of benzene rings is 2. The van der Waals surface area contributed by atoms with Crippen LogP contribution in [0.3, 0.4) is 0 Å². The maximum absolute atomic E-state index is 10.8. The molecule has 0 aliphatic rings. The second kappa shape index (κ2) is 6.07. The van der Waals surface area contributed by atoms with Crippen molar-refractivity contribution in [3.63, 3.8) is 0 Å². The van der Waals surface area contributed by atoms with Gasteiger partial charge in [0.2, 0.25) is 0 Å². The molecule has 3 aromatic rings. The number of hydrogen-bond donors (Lipinski definition) is 1. The van der Waals surface area contributed by atoms with E-state index in [0.717, 1.165) is 28.2 Å². The van der Waals surface area contributed by atoms with Crippen LogP contribution in [0.25, 0.3) is 11.4 Å². The minimum atomic E-state index is 0.287. The lowest BCUT2D eigenvalue weighted by Crippen LogP contribution is -2.31. The highest BCUT2D eigenvalue weighted by molar-refractivity contribution is 5.51. The van der Waals surface area contributed by atoms with Crippen molar-refractivity contribution in [2.24, 2.45) is 0 Å². The molecule has 25 heavy (non-hydrogen) atoms. The lowest BCUT2D eigenvalue weighted by molar-refractivity contribution is -0.603. The van der Waals surface area contributed by atoms with Gasteiger partial charge < -0.3 is 5.11 Å². The van der Waals surface area contributed by atoms with Crippen LogP contribution >= 0.6 is 0 Å². The van der Waals surface area contributed by atoms with Crippen molar-refractivity contribution in [2.75, 3.05) is 0 Å². The fourth-order valence-corrected chi connectivity index (χ4v) is 4.03. The van der Waals surface area contributed by atoms with E-state index in [2.05, 4.69) is 70.4 Å². The molecule has 0 radical (unpaired) electrons. The number of aromatic hydroxyl groups is 1. The van der Waals surface area contributed by atoms with Crippen LogP contribution in [0.15, 0.2) is 30.6 Å². The van der Waals surface area contributed by atoms with Crippen LogP contribution in [0.1, 0.15) is 39.1 Å². The van der Waals surface area contributed by atoms with Crippen molar-refractivity contribution >= 4 is 0 Å². The topological polar surface area (TPSA) is 29.0 Å². The number of imidazole rings is 1. The SMILES string of the molecule is Cc1cc(C)c(-n2c[n+](-c3c(C)cc(C)cc3C)c(O)c2C)c(C)c1. The zero-order chi connectivity index (χ0) is 18.5. The van der Waals surface area contributed by atoms with E-state index in [1.54, 1.807) is 0 Å². The maximum atomic E-state index is 10.8. The van der Waals surface area contributed by atoms with Crippen molar-refractivity contribution in [1.82, 2.24) is 4.57 Å². The Morgan fingerprint density at radius 3 is 1.64 bits per heavy atom. The summed E-state index contributed by atoms with van der Waals surface area (Å²) in [5.41, 5.74) is 10.3. The number of hydrogen-bond acceptors (Lipinski definition) is 1. The molecule has 3 heteroatoms. The van der Waals surface area contributed by atoms with Crippen LogP contribution in [0.2, 0.25) is 0 Å². The van der Waals surface area contributed by atoms with Gasteiger partial charge in [0.1, 0.15) is 11.4 Å². The largest absolute Gasteiger partial charge is 0.475 e. The normalized spacial score (nSPS) is 11.2. The third-order valence-corrected chi connectivity index (χ3v) is 4.90. The Labute approximate surface area is 150 Å². The first kappa shape index (κ1) is 17.3. The van der Waals surface area contributed by atoms with E-state index in [9.17, 15) is 5.11 Å². The molecule has 1 N–H and O–H groups in total. The second-order valence-corrected chi connectivity index (χ2v) is 7.26. The molecule has 0 atom stereocenters. The van der Waals surface area contributed by atoms with E-state index in [-0.39, 0.29) is 5.88 Å². The molecule has 0 bridgehead atoms. The smallest absolute Gasteiger partial charge is 0.330 e.